The largest absolute Gasteiger partial charge is 0.355 e. The summed E-state index contributed by atoms with van der Waals surface area (Å²) in [5.41, 5.74) is 1.01. The number of nitrogens with one attached hydrogen (secondary N) is 1. The van der Waals surface area contributed by atoms with Crippen molar-refractivity contribution in [3.8, 4) is 0 Å². The smallest absolute Gasteiger partial charge is 0.230 e. The molecule has 0 spiro atoms. The van der Waals surface area contributed by atoms with E-state index in [1.807, 2.05) is 0 Å². The SMILES string of the molecule is O=C(CSc1nnc2n1CCCCC2)NCCc1ccc(F)cc1. The molecule has 7 heteroatoms. The van der Waals surface area contributed by atoms with Crippen LogP contribution in [0, 0.1) is 5.82 Å². The first kappa shape index (κ1) is 17.0. The first-order chi connectivity index (χ1) is 11.7. The summed E-state index contributed by atoms with van der Waals surface area (Å²) in [6.07, 6.45) is 5.18. The van der Waals surface area contributed by atoms with Crippen LogP contribution in [0.5, 0.6) is 0 Å². The third-order valence-corrected chi connectivity index (χ3v) is 5.02. The number of nitrogens with zero attached hydrogens (tertiary/aromatic N) is 3. The monoisotopic (exact) mass is 348 g/mol. The molecule has 0 unspecified atom stereocenters. The van der Waals surface area contributed by atoms with Crippen LogP contribution in [0.15, 0.2) is 29.4 Å². The van der Waals surface area contributed by atoms with E-state index in [9.17, 15) is 9.18 Å². The fraction of sp³-hybridized carbons (Fsp3) is 0.471. The van der Waals surface area contributed by atoms with Gasteiger partial charge in [-0.2, -0.15) is 0 Å². The van der Waals surface area contributed by atoms with Crippen molar-refractivity contribution in [1.29, 1.82) is 0 Å². The average molecular weight is 348 g/mol. The van der Waals surface area contributed by atoms with Crippen LogP contribution < -0.4 is 5.32 Å². The molecule has 2 aromatic rings. The number of amides is 1. The van der Waals surface area contributed by atoms with Crippen LogP contribution in [0.25, 0.3) is 0 Å². The molecule has 0 saturated carbocycles. The van der Waals surface area contributed by atoms with E-state index < -0.39 is 0 Å². The normalized spacial score (nSPS) is 14.0. The second-order valence-corrected chi connectivity index (χ2v) is 6.82. The maximum atomic E-state index is 12.8. The van der Waals surface area contributed by atoms with Crippen LogP contribution >= 0.6 is 11.8 Å². The maximum absolute atomic E-state index is 12.8. The Bertz CT molecular complexity index is 686. The van der Waals surface area contributed by atoms with Gasteiger partial charge in [0.05, 0.1) is 5.75 Å². The van der Waals surface area contributed by atoms with Gasteiger partial charge in [-0.25, -0.2) is 4.39 Å². The minimum atomic E-state index is -0.244. The summed E-state index contributed by atoms with van der Waals surface area (Å²) in [6, 6.07) is 6.34. The number of halogens is 1. The molecule has 0 saturated heterocycles. The Hall–Kier alpha value is -1.89. The van der Waals surface area contributed by atoms with Crippen molar-refractivity contribution in [3.63, 3.8) is 0 Å². The topological polar surface area (TPSA) is 59.8 Å². The molecule has 5 nitrogen and oxygen atoms in total. The first-order valence-corrected chi connectivity index (χ1v) is 9.27. The molecule has 0 fully saturated rings. The van der Waals surface area contributed by atoms with Gasteiger partial charge < -0.3 is 9.88 Å². The Morgan fingerprint density at radius 3 is 2.88 bits per heavy atom. The zero-order chi connectivity index (χ0) is 16.8. The highest BCUT2D eigenvalue weighted by Gasteiger charge is 2.15. The minimum Gasteiger partial charge on any atom is -0.355 e. The lowest BCUT2D eigenvalue weighted by molar-refractivity contribution is -0.118. The van der Waals surface area contributed by atoms with Gasteiger partial charge in [0.2, 0.25) is 5.91 Å². The summed E-state index contributed by atoms with van der Waals surface area (Å²) >= 11 is 1.44. The van der Waals surface area contributed by atoms with E-state index in [1.165, 1.54) is 30.3 Å². The molecule has 0 aliphatic carbocycles. The molecule has 0 radical (unpaired) electrons. The van der Waals surface area contributed by atoms with Gasteiger partial charge in [-0.3, -0.25) is 4.79 Å². The number of thioether (sulfide) groups is 1. The van der Waals surface area contributed by atoms with Crippen molar-refractivity contribution >= 4 is 17.7 Å². The fourth-order valence-corrected chi connectivity index (χ4v) is 3.56. The molecule has 0 bridgehead atoms. The Balaban J connectivity index is 1.43. The number of rotatable bonds is 6. The third kappa shape index (κ3) is 4.56. The second kappa shape index (κ2) is 8.28. The molecule has 1 aromatic heterocycles. The van der Waals surface area contributed by atoms with E-state index in [2.05, 4.69) is 20.1 Å². The zero-order valence-corrected chi connectivity index (χ0v) is 14.3. The average Bonchev–Trinajstić information content (AvgIpc) is 2.81. The van der Waals surface area contributed by atoms with Crippen LogP contribution in [0.2, 0.25) is 0 Å². The van der Waals surface area contributed by atoms with Gasteiger partial charge in [0.25, 0.3) is 0 Å². The highest BCUT2D eigenvalue weighted by atomic mass is 32.2. The highest BCUT2D eigenvalue weighted by molar-refractivity contribution is 7.99. The molecular weight excluding hydrogens is 327 g/mol. The van der Waals surface area contributed by atoms with E-state index >= 15 is 0 Å². The van der Waals surface area contributed by atoms with E-state index in [-0.39, 0.29) is 11.7 Å². The van der Waals surface area contributed by atoms with Crippen molar-refractivity contribution in [2.45, 2.75) is 43.8 Å². The summed E-state index contributed by atoms with van der Waals surface area (Å²) in [7, 11) is 0. The minimum absolute atomic E-state index is 0.0203. The number of benzene rings is 1. The van der Waals surface area contributed by atoms with Crippen LogP contribution in [-0.2, 0) is 24.2 Å². The lowest BCUT2D eigenvalue weighted by Gasteiger charge is -2.07. The Kier molecular flexibility index (Phi) is 5.85. The molecule has 2 heterocycles. The molecule has 1 aromatic carbocycles. The number of hydrogen-bond acceptors (Lipinski definition) is 4. The molecule has 0 atom stereocenters. The standard InChI is InChI=1S/C17H21FN4OS/c18-14-7-5-13(6-8-14)9-10-19-16(23)12-24-17-21-20-15-4-2-1-3-11-22(15)17/h5-8H,1-4,9-12H2,(H,19,23). The van der Waals surface area contributed by atoms with Gasteiger partial charge in [0.1, 0.15) is 11.6 Å². The molecule has 1 amide bonds. The van der Waals surface area contributed by atoms with Gasteiger partial charge in [-0.05, 0) is 37.0 Å². The van der Waals surface area contributed by atoms with Gasteiger partial charge in [-0.15, -0.1) is 10.2 Å². The van der Waals surface area contributed by atoms with E-state index in [0.29, 0.717) is 18.7 Å². The van der Waals surface area contributed by atoms with Crippen molar-refractivity contribution < 1.29 is 9.18 Å². The van der Waals surface area contributed by atoms with Crippen LogP contribution in [0.1, 0.15) is 30.7 Å². The van der Waals surface area contributed by atoms with Crippen molar-refractivity contribution in [1.82, 2.24) is 20.1 Å². The molecule has 24 heavy (non-hydrogen) atoms. The number of carbonyl (C=O) groups excluding carboxylic acids is 1. The number of carbonyl (C=O) groups is 1. The summed E-state index contributed by atoms with van der Waals surface area (Å²) in [5.74, 6) is 1.10. The molecule has 1 N–H and O–H groups in total. The first-order valence-electron chi connectivity index (χ1n) is 8.28. The predicted molar refractivity (Wildman–Crippen MR) is 91.4 cm³/mol. The quantitative estimate of drug-likeness (QED) is 0.815. The fourth-order valence-electron chi connectivity index (χ4n) is 2.74. The van der Waals surface area contributed by atoms with E-state index in [4.69, 9.17) is 0 Å². The molecule has 128 valence electrons. The summed E-state index contributed by atoms with van der Waals surface area (Å²) in [5, 5.41) is 12.2. The molecule has 1 aliphatic rings. The van der Waals surface area contributed by atoms with Crippen LogP contribution in [-0.4, -0.2) is 33.0 Å². The Labute approximate surface area is 145 Å². The lowest BCUT2D eigenvalue weighted by atomic mass is 10.1. The third-order valence-electron chi connectivity index (χ3n) is 4.06. The van der Waals surface area contributed by atoms with Gasteiger partial charge in [0, 0.05) is 19.5 Å². The van der Waals surface area contributed by atoms with E-state index in [1.54, 1.807) is 12.1 Å². The van der Waals surface area contributed by atoms with Gasteiger partial charge in [0.15, 0.2) is 5.16 Å². The van der Waals surface area contributed by atoms with Crippen molar-refractivity contribution in [2.75, 3.05) is 12.3 Å². The van der Waals surface area contributed by atoms with E-state index in [0.717, 1.165) is 42.4 Å². The molecule has 1 aliphatic heterocycles. The number of aryl methyl sites for hydroxylation is 1. The molecule has 3 rings (SSSR count). The zero-order valence-electron chi connectivity index (χ0n) is 13.5. The Morgan fingerprint density at radius 1 is 1.21 bits per heavy atom. The second-order valence-electron chi connectivity index (χ2n) is 5.88. The maximum Gasteiger partial charge on any atom is 0.230 e. The summed E-state index contributed by atoms with van der Waals surface area (Å²) < 4.78 is 15.0. The van der Waals surface area contributed by atoms with Gasteiger partial charge in [-0.1, -0.05) is 30.3 Å². The molecular formula is C17H21FN4OS. The van der Waals surface area contributed by atoms with Gasteiger partial charge >= 0.3 is 0 Å². The number of aromatic nitrogens is 3. The van der Waals surface area contributed by atoms with Crippen LogP contribution in [0.4, 0.5) is 4.39 Å². The summed E-state index contributed by atoms with van der Waals surface area (Å²) in [4.78, 5) is 12.0. The summed E-state index contributed by atoms with van der Waals surface area (Å²) in [6.45, 7) is 1.49. The number of hydrogen-bond donors (Lipinski definition) is 1. The Morgan fingerprint density at radius 2 is 2.04 bits per heavy atom. The number of fused-ring (bicyclic) bond motifs is 1. The van der Waals surface area contributed by atoms with Crippen molar-refractivity contribution in [3.05, 3.63) is 41.5 Å². The highest BCUT2D eigenvalue weighted by Crippen LogP contribution is 2.21. The predicted octanol–water partition coefficient (Wildman–Crippen LogP) is 2.59. The van der Waals surface area contributed by atoms with Crippen LogP contribution in [0.3, 0.4) is 0 Å². The lowest BCUT2D eigenvalue weighted by Crippen LogP contribution is -2.27. The van der Waals surface area contributed by atoms with Crippen molar-refractivity contribution in [2.24, 2.45) is 0 Å².